The van der Waals surface area contributed by atoms with Crippen molar-refractivity contribution in [1.29, 1.82) is 0 Å². The minimum absolute atomic E-state index is 0.0645. The summed E-state index contributed by atoms with van der Waals surface area (Å²) in [5.41, 5.74) is 2.01. The van der Waals surface area contributed by atoms with E-state index >= 15 is 0 Å². The van der Waals surface area contributed by atoms with Gasteiger partial charge in [-0.15, -0.1) is 0 Å². The number of fused-ring (bicyclic) bond motifs is 3. The van der Waals surface area contributed by atoms with Crippen molar-refractivity contribution in [2.75, 3.05) is 38.6 Å². The predicted molar refractivity (Wildman–Crippen MR) is 98.4 cm³/mol. The fourth-order valence-corrected chi connectivity index (χ4v) is 3.24. The van der Waals surface area contributed by atoms with Gasteiger partial charge < -0.3 is 19.8 Å². The molecule has 1 aliphatic rings. The van der Waals surface area contributed by atoms with Crippen LogP contribution in [0.5, 0.6) is 5.75 Å². The zero-order valence-electron chi connectivity index (χ0n) is 14.4. The Kier molecular flexibility index (Phi) is 4.22. The van der Waals surface area contributed by atoms with Gasteiger partial charge in [-0.05, 0) is 12.1 Å². The number of furan rings is 1. The number of hydrogen-bond acceptors (Lipinski definition) is 5. The Morgan fingerprint density at radius 1 is 1.27 bits per heavy atom. The summed E-state index contributed by atoms with van der Waals surface area (Å²) < 4.78 is 11.3. The van der Waals surface area contributed by atoms with E-state index in [1.807, 2.05) is 30.3 Å². The number of rotatable bonds is 4. The molecule has 3 aromatic rings. The molecule has 2 amide bonds. The first-order chi connectivity index (χ1) is 12.6. The highest BCUT2D eigenvalue weighted by molar-refractivity contribution is 6.07. The summed E-state index contributed by atoms with van der Waals surface area (Å²) in [6, 6.07) is 11.4. The van der Waals surface area contributed by atoms with Gasteiger partial charge in [0.15, 0.2) is 0 Å². The molecule has 0 saturated carbocycles. The van der Waals surface area contributed by atoms with Crippen LogP contribution in [0.25, 0.3) is 21.9 Å². The Morgan fingerprint density at radius 2 is 2.12 bits per heavy atom. The number of ether oxygens (including phenoxy) is 1. The van der Waals surface area contributed by atoms with Gasteiger partial charge in [0.1, 0.15) is 16.9 Å². The predicted octanol–water partition coefficient (Wildman–Crippen LogP) is 1.96. The first-order valence-electron chi connectivity index (χ1n) is 8.42. The number of nitrogens with one attached hydrogen (secondary N) is 2. The van der Waals surface area contributed by atoms with Crippen LogP contribution in [0.1, 0.15) is 0 Å². The maximum Gasteiger partial charge on any atom is 0.238 e. The van der Waals surface area contributed by atoms with Crippen LogP contribution in [0, 0.1) is 0 Å². The third-order valence-electron chi connectivity index (χ3n) is 4.46. The number of methoxy groups -OCH3 is 1. The smallest absolute Gasteiger partial charge is 0.238 e. The molecule has 0 atom stereocenters. The SMILES string of the molecule is COc1cc2c(cc1NC(=O)CN1CCNC(=O)C1)oc1ccccc12. The standard InChI is InChI=1S/C19H19N3O4/c1-25-17-8-13-12-4-2-3-5-15(12)26-16(13)9-14(17)21-19(24)11-22-7-6-20-18(23)10-22/h2-5,8-9H,6-7,10-11H2,1H3,(H,20,23)(H,21,24). The van der Waals surface area contributed by atoms with Gasteiger partial charge in [-0.25, -0.2) is 0 Å². The maximum absolute atomic E-state index is 12.4. The molecule has 1 aliphatic heterocycles. The first kappa shape index (κ1) is 16.4. The number of amides is 2. The Labute approximate surface area is 149 Å². The number of hydrogen-bond donors (Lipinski definition) is 2. The minimum atomic E-state index is -0.200. The summed E-state index contributed by atoms with van der Waals surface area (Å²) in [6.07, 6.45) is 0. The second-order valence-corrected chi connectivity index (χ2v) is 6.26. The van der Waals surface area contributed by atoms with Crippen LogP contribution >= 0.6 is 0 Å². The number of piperazine rings is 1. The van der Waals surface area contributed by atoms with Gasteiger partial charge in [0.2, 0.25) is 11.8 Å². The van der Waals surface area contributed by atoms with E-state index in [9.17, 15) is 9.59 Å². The topological polar surface area (TPSA) is 83.8 Å². The molecule has 2 heterocycles. The molecule has 0 radical (unpaired) electrons. The van der Waals surface area contributed by atoms with E-state index in [0.29, 0.717) is 30.1 Å². The molecule has 2 N–H and O–H groups in total. The van der Waals surface area contributed by atoms with Crippen LogP contribution < -0.4 is 15.4 Å². The van der Waals surface area contributed by atoms with Crippen molar-refractivity contribution in [2.45, 2.75) is 0 Å². The fourth-order valence-electron chi connectivity index (χ4n) is 3.24. The molecule has 1 aromatic heterocycles. The van der Waals surface area contributed by atoms with Crippen LogP contribution in [0.15, 0.2) is 40.8 Å². The van der Waals surface area contributed by atoms with E-state index in [4.69, 9.17) is 9.15 Å². The fraction of sp³-hybridized carbons (Fsp3) is 0.263. The van der Waals surface area contributed by atoms with Crippen LogP contribution in [0.2, 0.25) is 0 Å². The lowest BCUT2D eigenvalue weighted by molar-refractivity contribution is -0.125. The average molecular weight is 353 g/mol. The number of para-hydroxylation sites is 1. The second-order valence-electron chi connectivity index (χ2n) is 6.26. The number of anilines is 1. The Hall–Kier alpha value is -3.06. The van der Waals surface area contributed by atoms with Crippen molar-refractivity contribution in [3.63, 3.8) is 0 Å². The summed E-state index contributed by atoms with van der Waals surface area (Å²) in [5.74, 6) is 0.299. The van der Waals surface area contributed by atoms with Crippen molar-refractivity contribution < 1.29 is 18.7 Å². The zero-order chi connectivity index (χ0) is 18.1. The van der Waals surface area contributed by atoms with Crippen molar-refractivity contribution >= 4 is 39.4 Å². The van der Waals surface area contributed by atoms with Crippen LogP contribution in [-0.2, 0) is 9.59 Å². The molecule has 7 heteroatoms. The normalized spacial score (nSPS) is 15.2. The molecule has 1 saturated heterocycles. The highest BCUT2D eigenvalue weighted by atomic mass is 16.5. The quantitative estimate of drug-likeness (QED) is 0.749. The van der Waals surface area contributed by atoms with E-state index in [1.165, 1.54) is 0 Å². The van der Waals surface area contributed by atoms with E-state index < -0.39 is 0 Å². The van der Waals surface area contributed by atoms with E-state index in [1.54, 1.807) is 18.1 Å². The lowest BCUT2D eigenvalue weighted by Crippen LogP contribution is -2.49. The van der Waals surface area contributed by atoms with Gasteiger partial charge in [0, 0.05) is 29.9 Å². The van der Waals surface area contributed by atoms with Gasteiger partial charge in [-0.2, -0.15) is 0 Å². The summed E-state index contributed by atoms with van der Waals surface area (Å²) in [7, 11) is 1.56. The molecule has 7 nitrogen and oxygen atoms in total. The van der Waals surface area contributed by atoms with Crippen molar-refractivity contribution in [1.82, 2.24) is 10.2 Å². The minimum Gasteiger partial charge on any atom is -0.495 e. The van der Waals surface area contributed by atoms with E-state index in [0.717, 1.165) is 16.4 Å². The largest absolute Gasteiger partial charge is 0.495 e. The molecule has 0 bridgehead atoms. The monoisotopic (exact) mass is 353 g/mol. The van der Waals surface area contributed by atoms with Crippen LogP contribution in [0.4, 0.5) is 5.69 Å². The highest BCUT2D eigenvalue weighted by Gasteiger charge is 2.20. The van der Waals surface area contributed by atoms with Gasteiger partial charge in [0.05, 0.1) is 25.9 Å². The number of nitrogens with zero attached hydrogens (tertiary/aromatic N) is 1. The maximum atomic E-state index is 12.4. The molecular formula is C19H19N3O4. The zero-order valence-corrected chi connectivity index (χ0v) is 14.4. The lowest BCUT2D eigenvalue weighted by atomic mass is 10.1. The Morgan fingerprint density at radius 3 is 2.92 bits per heavy atom. The molecule has 1 fully saturated rings. The van der Waals surface area contributed by atoms with Gasteiger partial charge in [-0.3, -0.25) is 14.5 Å². The highest BCUT2D eigenvalue weighted by Crippen LogP contribution is 2.36. The second kappa shape index (κ2) is 6.68. The first-order valence-corrected chi connectivity index (χ1v) is 8.42. The van der Waals surface area contributed by atoms with Crippen LogP contribution in [0.3, 0.4) is 0 Å². The number of carbonyl (C=O) groups excluding carboxylic acids is 2. The third kappa shape index (κ3) is 3.09. The Bertz CT molecular complexity index is 995. The number of benzene rings is 2. The molecular weight excluding hydrogens is 334 g/mol. The molecule has 26 heavy (non-hydrogen) atoms. The summed E-state index contributed by atoms with van der Waals surface area (Å²) >= 11 is 0. The van der Waals surface area contributed by atoms with Gasteiger partial charge >= 0.3 is 0 Å². The molecule has 2 aromatic carbocycles. The Balaban J connectivity index is 1.59. The van der Waals surface area contributed by atoms with Gasteiger partial charge in [-0.1, -0.05) is 18.2 Å². The van der Waals surface area contributed by atoms with Crippen molar-refractivity contribution in [3.8, 4) is 5.75 Å². The summed E-state index contributed by atoms with van der Waals surface area (Å²) in [4.78, 5) is 25.6. The van der Waals surface area contributed by atoms with E-state index in [-0.39, 0.29) is 24.9 Å². The molecule has 0 unspecified atom stereocenters. The van der Waals surface area contributed by atoms with Gasteiger partial charge in [0.25, 0.3) is 0 Å². The molecule has 4 rings (SSSR count). The lowest BCUT2D eigenvalue weighted by Gasteiger charge is -2.25. The average Bonchev–Trinajstić information content (AvgIpc) is 2.98. The molecule has 134 valence electrons. The van der Waals surface area contributed by atoms with Crippen molar-refractivity contribution in [3.05, 3.63) is 36.4 Å². The van der Waals surface area contributed by atoms with E-state index in [2.05, 4.69) is 10.6 Å². The summed E-state index contributed by atoms with van der Waals surface area (Å²) in [5, 5.41) is 7.54. The van der Waals surface area contributed by atoms with Crippen molar-refractivity contribution in [2.24, 2.45) is 0 Å². The number of carbonyl (C=O) groups is 2. The van der Waals surface area contributed by atoms with Crippen LogP contribution in [-0.4, -0.2) is 50.0 Å². The molecule has 0 spiro atoms. The molecule has 0 aliphatic carbocycles. The summed E-state index contributed by atoms with van der Waals surface area (Å²) in [6.45, 7) is 1.58. The third-order valence-corrected chi connectivity index (χ3v) is 4.46.